The quantitative estimate of drug-likeness (QED) is 0.192. The highest BCUT2D eigenvalue weighted by Crippen LogP contribution is 2.76. The maximum atomic E-state index is 14.1. The number of ketones is 1. The van der Waals surface area contributed by atoms with Crippen molar-refractivity contribution in [2.24, 2.45) is 56.2 Å². The Kier molecular flexibility index (Phi) is 10.5. The van der Waals surface area contributed by atoms with Crippen molar-refractivity contribution in [2.45, 2.75) is 146 Å². The van der Waals surface area contributed by atoms with Gasteiger partial charge in [0, 0.05) is 22.3 Å². The van der Waals surface area contributed by atoms with Gasteiger partial charge in [0.2, 0.25) is 5.91 Å². The van der Waals surface area contributed by atoms with E-state index in [1.807, 2.05) is 31.2 Å². The van der Waals surface area contributed by atoms with E-state index >= 15 is 0 Å². The van der Waals surface area contributed by atoms with Crippen LogP contribution in [-0.2, 0) is 23.9 Å². The van der Waals surface area contributed by atoms with Crippen LogP contribution in [0.1, 0.15) is 145 Å². The number of rotatable bonds is 9. The number of amides is 1. The molecule has 0 aromatic heterocycles. The average molecular weight is 762 g/mol. The van der Waals surface area contributed by atoms with Crippen molar-refractivity contribution in [3.05, 3.63) is 58.1 Å². The zero-order valence-electron chi connectivity index (χ0n) is 34.4. The number of hydrogen-bond donors (Lipinski definition) is 2. The third kappa shape index (κ3) is 6.50. The summed E-state index contributed by atoms with van der Waals surface area (Å²) in [7, 11) is 0. The van der Waals surface area contributed by atoms with Crippen LogP contribution in [0.15, 0.2) is 47.6 Å². The molecule has 4 fully saturated rings. The van der Waals surface area contributed by atoms with Gasteiger partial charge in [-0.1, -0.05) is 84.3 Å². The first kappa shape index (κ1) is 40.7. The normalized spacial score (nSPS) is 36.6. The van der Waals surface area contributed by atoms with Crippen molar-refractivity contribution < 1.29 is 29.0 Å². The van der Waals surface area contributed by atoms with E-state index in [0.29, 0.717) is 29.2 Å². The first-order valence-electron chi connectivity index (χ1n) is 20.5. The summed E-state index contributed by atoms with van der Waals surface area (Å²) in [6.07, 6.45) is 11.6. The third-order valence-corrected chi connectivity index (χ3v) is 16.2. The summed E-state index contributed by atoms with van der Waals surface area (Å²) < 4.78 is 6.16. The molecule has 0 unspecified atom stereocenters. The van der Waals surface area contributed by atoms with Gasteiger partial charge in [-0.15, -0.1) is 0 Å². The lowest BCUT2D eigenvalue weighted by molar-refractivity contribution is -0.221. The topological polar surface area (TPSA) is 110 Å². The number of nitrogens with one attached hydrogen (secondary N) is 1. The zero-order valence-corrected chi connectivity index (χ0v) is 35.1. The standard InChI is InChI=1S/C46H64ClNO6/c1-27(2)38-31(49)25-46(24-19-36(50)48-28(3)29-13-11-12-14-30(29)47)23-17-34-44(9)20-15-32-42(6,7)35(54-37(51)26-41(4,5)40(52)53)18-22-43(32,8)33(44)16-21-45(34,10)39(38)46/h11-14,19,24,27-28,32-35H,15-18,20-23,25-26H2,1-10H3,(H,48,50)(H,52,53)/b24-19+/t28-,32-,33+,34-,35-,43-,44+,45-,46+/m0/s1. The molecule has 8 heteroatoms. The second-order valence-electron chi connectivity index (χ2n) is 20.2. The van der Waals surface area contributed by atoms with E-state index in [4.69, 9.17) is 16.3 Å². The van der Waals surface area contributed by atoms with Gasteiger partial charge in [0.25, 0.3) is 0 Å². The molecule has 1 aromatic rings. The molecule has 2 N–H and O–H groups in total. The van der Waals surface area contributed by atoms with Crippen LogP contribution in [0.5, 0.6) is 0 Å². The van der Waals surface area contributed by atoms with Gasteiger partial charge in [-0.25, -0.2) is 0 Å². The van der Waals surface area contributed by atoms with Gasteiger partial charge in [0.1, 0.15) is 6.10 Å². The molecule has 1 amide bonds. The second kappa shape index (κ2) is 13.9. The SMILES string of the molecule is CC(C)C1=C2[C@@](/C=C/C(=O)N[C@@H](C)c3ccccc3Cl)(CC[C@H]3[C@]4(C)CC[C@H]5C(C)(C)[C@@H](OC(=O)CC(C)(C)C(=O)O)CC[C@]5(C)[C@H]4CC[C@]23C)CC1=O. The molecule has 0 bridgehead atoms. The van der Waals surface area contributed by atoms with Gasteiger partial charge in [0.05, 0.1) is 17.9 Å². The minimum absolute atomic E-state index is 0.0622. The maximum Gasteiger partial charge on any atom is 0.309 e. The number of fused-ring (bicyclic) bond motifs is 7. The summed E-state index contributed by atoms with van der Waals surface area (Å²) >= 11 is 6.44. The molecule has 5 aliphatic rings. The molecule has 0 saturated heterocycles. The number of benzene rings is 1. The smallest absolute Gasteiger partial charge is 0.309 e. The zero-order chi connectivity index (χ0) is 39.8. The maximum absolute atomic E-state index is 14.1. The summed E-state index contributed by atoms with van der Waals surface area (Å²) in [5.41, 5.74) is 1.26. The largest absolute Gasteiger partial charge is 0.481 e. The average Bonchev–Trinajstić information content (AvgIpc) is 3.38. The number of hydrogen-bond acceptors (Lipinski definition) is 5. The van der Waals surface area contributed by atoms with Crippen LogP contribution < -0.4 is 5.32 Å². The Morgan fingerprint density at radius 1 is 0.926 bits per heavy atom. The van der Waals surface area contributed by atoms with Crippen LogP contribution in [0.2, 0.25) is 5.02 Å². The van der Waals surface area contributed by atoms with Gasteiger partial charge in [-0.3, -0.25) is 19.2 Å². The lowest BCUT2D eigenvalue weighted by atomic mass is 9.34. The highest BCUT2D eigenvalue weighted by Gasteiger charge is 2.69. The Morgan fingerprint density at radius 2 is 1.54 bits per heavy atom. The second-order valence-corrected chi connectivity index (χ2v) is 20.6. The van der Waals surface area contributed by atoms with Crippen LogP contribution in [0.3, 0.4) is 0 Å². The molecule has 0 aliphatic heterocycles. The van der Waals surface area contributed by atoms with Gasteiger partial charge in [0.15, 0.2) is 5.78 Å². The Hall–Kier alpha value is -2.93. The van der Waals surface area contributed by atoms with Crippen LogP contribution in [0, 0.1) is 56.2 Å². The number of allylic oxidation sites excluding steroid dienone is 3. The summed E-state index contributed by atoms with van der Waals surface area (Å²) in [6.45, 7) is 21.4. The molecule has 296 valence electrons. The molecule has 0 spiro atoms. The molecule has 0 heterocycles. The van der Waals surface area contributed by atoms with Crippen molar-refractivity contribution in [1.82, 2.24) is 5.32 Å². The van der Waals surface area contributed by atoms with Crippen molar-refractivity contribution in [3.63, 3.8) is 0 Å². The van der Waals surface area contributed by atoms with Crippen LogP contribution in [-0.4, -0.2) is 34.8 Å². The monoisotopic (exact) mass is 761 g/mol. The van der Waals surface area contributed by atoms with Gasteiger partial charge >= 0.3 is 11.9 Å². The van der Waals surface area contributed by atoms with Crippen LogP contribution in [0.4, 0.5) is 0 Å². The van der Waals surface area contributed by atoms with E-state index in [1.165, 1.54) is 5.57 Å². The predicted molar refractivity (Wildman–Crippen MR) is 212 cm³/mol. The van der Waals surface area contributed by atoms with Crippen LogP contribution in [0.25, 0.3) is 0 Å². The van der Waals surface area contributed by atoms with E-state index in [0.717, 1.165) is 62.5 Å². The number of ether oxygens (including phenoxy) is 1. The molecular formula is C46H64ClNO6. The number of carboxylic acid groups (broad SMARTS) is 1. The number of Topliss-reactive ketones (excluding diaryl/α,β-unsaturated/α-hetero) is 1. The number of halogens is 1. The number of carbonyl (C=O) groups is 4. The molecule has 1 aromatic carbocycles. The van der Waals surface area contributed by atoms with Crippen molar-refractivity contribution >= 4 is 35.2 Å². The first-order chi connectivity index (χ1) is 25.0. The van der Waals surface area contributed by atoms with E-state index < -0.39 is 22.8 Å². The molecule has 9 atom stereocenters. The minimum Gasteiger partial charge on any atom is -0.481 e. The lowest BCUT2D eigenvalue weighted by Gasteiger charge is -2.70. The fourth-order valence-electron chi connectivity index (χ4n) is 13.4. The van der Waals surface area contributed by atoms with E-state index in [1.54, 1.807) is 19.9 Å². The van der Waals surface area contributed by atoms with Gasteiger partial charge in [-0.2, -0.15) is 0 Å². The van der Waals surface area contributed by atoms with Crippen molar-refractivity contribution in [1.29, 1.82) is 0 Å². The summed E-state index contributed by atoms with van der Waals surface area (Å²) in [5.74, 6) is 0.00235. The van der Waals surface area contributed by atoms with E-state index in [-0.39, 0.29) is 57.8 Å². The number of carbonyl (C=O) groups excluding carboxylic acids is 3. The molecular weight excluding hydrogens is 698 g/mol. The Labute approximate surface area is 328 Å². The molecule has 5 aliphatic carbocycles. The van der Waals surface area contributed by atoms with Crippen molar-refractivity contribution in [3.8, 4) is 0 Å². The first-order valence-corrected chi connectivity index (χ1v) is 20.9. The Bertz CT molecular complexity index is 1770. The summed E-state index contributed by atoms with van der Waals surface area (Å²) in [4.78, 5) is 52.4. The van der Waals surface area contributed by atoms with Crippen LogP contribution >= 0.6 is 11.6 Å². The number of esters is 1. The Balaban J connectivity index is 1.27. The van der Waals surface area contributed by atoms with Crippen molar-refractivity contribution in [2.75, 3.05) is 0 Å². The predicted octanol–water partition coefficient (Wildman–Crippen LogP) is 10.5. The summed E-state index contributed by atoms with van der Waals surface area (Å²) in [5, 5.41) is 13.3. The number of aliphatic carboxylic acids is 1. The molecule has 7 nitrogen and oxygen atoms in total. The summed E-state index contributed by atoms with van der Waals surface area (Å²) in [6, 6.07) is 7.32. The fraction of sp³-hybridized carbons (Fsp3) is 0.696. The molecule has 0 radical (unpaired) electrons. The highest BCUT2D eigenvalue weighted by atomic mass is 35.5. The Morgan fingerprint density at radius 3 is 2.19 bits per heavy atom. The molecule has 4 saturated carbocycles. The van der Waals surface area contributed by atoms with E-state index in [9.17, 15) is 24.3 Å². The minimum atomic E-state index is -1.17. The lowest BCUT2D eigenvalue weighted by Crippen LogP contribution is -2.64. The van der Waals surface area contributed by atoms with Gasteiger partial charge in [-0.05, 0) is 141 Å². The molecule has 6 rings (SSSR count). The highest BCUT2D eigenvalue weighted by molar-refractivity contribution is 6.31. The van der Waals surface area contributed by atoms with E-state index in [2.05, 4.69) is 59.9 Å². The van der Waals surface area contributed by atoms with Gasteiger partial charge < -0.3 is 15.2 Å². The fourth-order valence-corrected chi connectivity index (χ4v) is 13.7. The third-order valence-electron chi connectivity index (χ3n) is 15.8. The number of carboxylic acids is 1. The molecule has 54 heavy (non-hydrogen) atoms.